The van der Waals surface area contributed by atoms with Gasteiger partial charge in [0.05, 0.1) is 38.1 Å². The van der Waals surface area contributed by atoms with Crippen molar-refractivity contribution in [2.24, 2.45) is 0 Å². The summed E-state index contributed by atoms with van der Waals surface area (Å²) in [6.07, 6.45) is 11.4. The Morgan fingerprint density at radius 1 is 0.379 bits per heavy atom. The summed E-state index contributed by atoms with van der Waals surface area (Å²) in [6, 6.07) is 34.7. The average molecular weight is 1080 g/mol. The Labute approximate surface area is 404 Å². The molecule has 0 aliphatic carbocycles. The van der Waals surface area contributed by atoms with Gasteiger partial charge in [-0.05, 0) is 131 Å². The first kappa shape index (κ1) is 46.4. The van der Waals surface area contributed by atoms with Crippen molar-refractivity contribution in [2.45, 2.75) is 20.8 Å². The second kappa shape index (κ2) is 20.5. The molecule has 0 unspecified atom stereocenters. The minimum Gasteiger partial charge on any atom is -0.382 e. The molecule has 0 fully saturated rings. The molecule has 0 atom stereocenters. The van der Waals surface area contributed by atoms with Gasteiger partial charge in [0, 0.05) is 81.6 Å². The molecule has 12 N–H and O–H groups in total. The number of hydrogen-bond donors (Lipinski definition) is 6. The van der Waals surface area contributed by atoms with Crippen molar-refractivity contribution in [1.82, 2.24) is 57.7 Å². The van der Waals surface area contributed by atoms with E-state index in [1.54, 1.807) is 45.4 Å². The average Bonchev–Trinajstić information content (AvgIpc) is 4.11. The van der Waals surface area contributed by atoms with Crippen LogP contribution in [0.25, 0.3) is 33.1 Å². The van der Waals surface area contributed by atoms with Gasteiger partial charge in [-0.3, -0.25) is 0 Å². The molecule has 12 aromatic heterocycles. The zero-order valence-electron chi connectivity index (χ0n) is 35.8. The fourth-order valence-corrected chi connectivity index (χ4v) is 7.20. The summed E-state index contributed by atoms with van der Waals surface area (Å²) in [5.41, 5.74) is 42.6. The van der Waals surface area contributed by atoms with Crippen molar-refractivity contribution in [3.8, 4) is 0 Å². The second-order valence-electron chi connectivity index (χ2n) is 14.8. The molecule has 0 saturated carbocycles. The third kappa shape index (κ3) is 12.4. The lowest BCUT2D eigenvalue weighted by Gasteiger charge is -1.92. The molecular formula is C45H45BrClIN18. The summed E-state index contributed by atoms with van der Waals surface area (Å²) in [5, 5.41) is 24.9. The molecule has 18 nitrogen and oxygen atoms in total. The van der Waals surface area contributed by atoms with Gasteiger partial charge < -0.3 is 34.4 Å². The van der Waals surface area contributed by atoms with E-state index in [9.17, 15) is 0 Å². The van der Waals surface area contributed by atoms with E-state index in [4.69, 9.17) is 46.0 Å². The Bertz CT molecular complexity index is 2960. The molecular weight excluding hydrogens is 1030 g/mol. The molecule has 66 heavy (non-hydrogen) atoms. The van der Waals surface area contributed by atoms with Crippen molar-refractivity contribution in [3.63, 3.8) is 0 Å². The van der Waals surface area contributed by atoms with Crippen LogP contribution in [0.2, 0.25) is 5.02 Å². The molecule has 0 aliphatic rings. The first-order valence-electron chi connectivity index (χ1n) is 19.9. The summed E-state index contributed by atoms with van der Waals surface area (Å²) >= 11 is 11.3. The van der Waals surface area contributed by atoms with Gasteiger partial charge in [-0.2, -0.15) is 30.6 Å². The van der Waals surface area contributed by atoms with Crippen LogP contribution in [0.15, 0.2) is 151 Å². The maximum Gasteiger partial charge on any atom is 0.146 e. The van der Waals surface area contributed by atoms with Crippen molar-refractivity contribution < 1.29 is 0 Å². The monoisotopic (exact) mass is 1080 g/mol. The Morgan fingerprint density at radius 3 is 1.02 bits per heavy atom. The van der Waals surface area contributed by atoms with E-state index in [1.807, 2.05) is 149 Å². The van der Waals surface area contributed by atoms with Crippen LogP contribution in [-0.4, -0.2) is 57.7 Å². The fraction of sp³-hybridized carbons (Fsp3) is 0.0667. The number of hydrogen-bond acceptors (Lipinski definition) is 12. The minimum atomic E-state index is 0.507. The number of halogens is 3. The summed E-state index contributed by atoms with van der Waals surface area (Å²) in [4.78, 5) is 0. The molecule has 336 valence electrons. The highest BCUT2D eigenvalue weighted by Crippen LogP contribution is 2.15. The van der Waals surface area contributed by atoms with Crippen LogP contribution in [0.3, 0.4) is 0 Å². The lowest BCUT2D eigenvalue weighted by Crippen LogP contribution is -1.89. The van der Waals surface area contributed by atoms with Crippen LogP contribution in [0.4, 0.5) is 34.9 Å². The van der Waals surface area contributed by atoms with Crippen molar-refractivity contribution in [2.75, 3.05) is 34.4 Å². The molecule has 0 amide bonds. The Morgan fingerprint density at radius 2 is 0.652 bits per heavy atom. The molecule has 0 aromatic carbocycles. The highest BCUT2D eigenvalue weighted by molar-refractivity contribution is 14.1. The third-order valence-corrected chi connectivity index (χ3v) is 10.5. The number of aryl methyl sites for hydroxylation is 3. The Hall–Kier alpha value is -7.56. The second-order valence-corrected chi connectivity index (χ2v) is 17.4. The number of nitrogen functional groups attached to an aromatic ring is 6. The summed E-state index contributed by atoms with van der Waals surface area (Å²) < 4.78 is 12.7. The van der Waals surface area contributed by atoms with E-state index < -0.39 is 0 Å². The van der Waals surface area contributed by atoms with E-state index in [0.29, 0.717) is 39.9 Å². The van der Waals surface area contributed by atoms with Crippen molar-refractivity contribution in [1.29, 1.82) is 0 Å². The van der Waals surface area contributed by atoms with E-state index in [0.717, 1.165) is 41.1 Å². The minimum absolute atomic E-state index is 0.507. The van der Waals surface area contributed by atoms with Gasteiger partial charge >= 0.3 is 0 Å². The van der Waals surface area contributed by atoms with Gasteiger partial charge in [0.25, 0.3) is 0 Å². The van der Waals surface area contributed by atoms with E-state index >= 15 is 0 Å². The standard InChI is InChI=1S/3C8H9N3.C7H6BrN3.C7H6ClN3.C7H6IN3/c3*1-6-2-3-7-4-8(9)10-11(7)5-6;3*8-5-1-2-6-3-7(9)10-11(6)4-5/h3*2-5H,1H3,(H2,9,10);3*1-4H,(H2,9,10). The largest absolute Gasteiger partial charge is 0.382 e. The maximum atomic E-state index is 5.73. The number of aromatic nitrogens is 12. The molecule has 0 saturated heterocycles. The lowest BCUT2D eigenvalue weighted by atomic mass is 10.3. The quantitative estimate of drug-likeness (QED) is 0.0782. The number of rotatable bonds is 0. The highest BCUT2D eigenvalue weighted by atomic mass is 127. The predicted molar refractivity (Wildman–Crippen MR) is 277 cm³/mol. The summed E-state index contributed by atoms with van der Waals surface area (Å²) in [6.45, 7) is 6.08. The summed E-state index contributed by atoms with van der Waals surface area (Å²) in [7, 11) is 0. The van der Waals surface area contributed by atoms with Crippen LogP contribution >= 0.6 is 50.1 Å². The molecule has 12 rings (SSSR count). The zero-order chi connectivity index (χ0) is 47.1. The lowest BCUT2D eigenvalue weighted by molar-refractivity contribution is 0.958. The van der Waals surface area contributed by atoms with Gasteiger partial charge in [0.15, 0.2) is 0 Å². The third-order valence-electron chi connectivity index (χ3n) is 9.21. The first-order valence-corrected chi connectivity index (χ1v) is 22.1. The van der Waals surface area contributed by atoms with E-state index in [2.05, 4.69) is 69.1 Å². The van der Waals surface area contributed by atoms with Crippen LogP contribution in [0, 0.1) is 24.3 Å². The van der Waals surface area contributed by atoms with Gasteiger partial charge in [0.1, 0.15) is 34.9 Å². The molecule has 0 radical (unpaired) electrons. The SMILES string of the molecule is Cc1ccc2cc(N)nn2c1.Cc1ccc2cc(N)nn2c1.Cc1ccc2cc(N)nn2c1.Nc1cc2ccc(Br)cn2n1.Nc1cc2ccc(Cl)cn2n1.Nc1cc2ccc(I)cn2n1. The zero-order valence-corrected chi connectivity index (χ0v) is 40.3. The van der Waals surface area contributed by atoms with Crippen LogP contribution in [-0.2, 0) is 0 Å². The number of nitrogens with two attached hydrogens (primary N) is 6. The van der Waals surface area contributed by atoms with Gasteiger partial charge in [-0.15, -0.1) is 0 Å². The molecule has 12 heterocycles. The Balaban J connectivity index is 0.000000118. The molecule has 12 aromatic rings. The van der Waals surface area contributed by atoms with Crippen LogP contribution in [0.1, 0.15) is 16.7 Å². The van der Waals surface area contributed by atoms with Crippen LogP contribution < -0.4 is 34.4 Å². The molecule has 0 bridgehead atoms. The number of nitrogens with zero attached hydrogens (tertiary/aromatic N) is 12. The maximum absolute atomic E-state index is 5.73. The fourth-order valence-electron chi connectivity index (χ4n) is 6.27. The number of anilines is 6. The molecule has 0 spiro atoms. The summed E-state index contributed by atoms with van der Waals surface area (Å²) in [5.74, 6) is 3.31. The molecule has 0 aliphatic heterocycles. The van der Waals surface area contributed by atoms with E-state index in [-0.39, 0.29) is 0 Å². The Kier molecular flexibility index (Phi) is 14.4. The van der Waals surface area contributed by atoms with Crippen molar-refractivity contribution >= 4 is 118 Å². The topological polar surface area (TPSA) is 260 Å². The van der Waals surface area contributed by atoms with E-state index in [1.165, 1.54) is 16.7 Å². The van der Waals surface area contributed by atoms with Gasteiger partial charge in [-0.1, -0.05) is 29.8 Å². The molecule has 21 heteroatoms. The van der Waals surface area contributed by atoms with Crippen LogP contribution in [0.5, 0.6) is 0 Å². The first-order chi connectivity index (χ1) is 31.5. The smallest absolute Gasteiger partial charge is 0.146 e. The highest BCUT2D eigenvalue weighted by Gasteiger charge is 2.01. The van der Waals surface area contributed by atoms with Gasteiger partial charge in [0.2, 0.25) is 0 Å². The predicted octanol–water partition coefficient (Wildman–Crippen LogP) is 8.44. The van der Waals surface area contributed by atoms with Gasteiger partial charge in [-0.25, -0.2) is 27.1 Å². The normalized spacial score (nSPS) is 10.6. The number of pyridine rings is 6. The number of fused-ring (bicyclic) bond motifs is 6. The van der Waals surface area contributed by atoms with Crippen molar-refractivity contribution in [3.05, 3.63) is 176 Å².